The van der Waals surface area contributed by atoms with Crippen LogP contribution in [0.2, 0.25) is 0 Å². The van der Waals surface area contributed by atoms with Gasteiger partial charge in [-0.15, -0.1) is 0 Å². The number of aliphatic hydroxyl groups is 1. The fourth-order valence-electron chi connectivity index (χ4n) is 1.66. The van der Waals surface area contributed by atoms with Gasteiger partial charge in [-0.25, -0.2) is 9.78 Å². The molecule has 3 N–H and O–H groups in total. The van der Waals surface area contributed by atoms with Crippen molar-refractivity contribution < 1.29 is 27.4 Å². The molecular weight excluding hydrogens is 256 g/mol. The summed E-state index contributed by atoms with van der Waals surface area (Å²) in [6, 6.07) is 4.78. The maximum atomic E-state index is 10.8. The number of halogens is 1. The predicted molar refractivity (Wildman–Crippen MR) is 63.1 cm³/mol. The van der Waals surface area contributed by atoms with Crippen LogP contribution in [0.3, 0.4) is 0 Å². The van der Waals surface area contributed by atoms with Gasteiger partial charge in [-0.3, -0.25) is 0 Å². The summed E-state index contributed by atoms with van der Waals surface area (Å²) in [6.45, 7) is 1.73. The monoisotopic (exact) mass is 269 g/mol. The lowest BCUT2D eigenvalue weighted by molar-refractivity contribution is -0.0000214. The molecule has 5 nitrogen and oxygen atoms in total. The first kappa shape index (κ1) is 14.5. The number of rotatable bonds is 4. The van der Waals surface area contributed by atoms with E-state index in [1.54, 1.807) is 19.1 Å². The molecule has 0 spiro atoms. The van der Waals surface area contributed by atoms with E-state index in [1.807, 2.05) is 0 Å². The summed E-state index contributed by atoms with van der Waals surface area (Å²) in [5.74, 6) is -0.185. The predicted octanol–water partition coefficient (Wildman–Crippen LogP) is -1.42. The van der Waals surface area contributed by atoms with Crippen LogP contribution in [-0.4, -0.2) is 32.3 Å². The number of carbonyl (C=O) groups is 1. The Bertz CT molecular complexity index is 551. The molecule has 0 bridgehead atoms. The summed E-state index contributed by atoms with van der Waals surface area (Å²) in [6.07, 6.45) is 0.915. The molecule has 1 unspecified atom stereocenters. The maximum Gasteiger partial charge on any atom is 0.335 e. The molecule has 0 amide bonds. The molecule has 0 saturated carbocycles. The number of hydrogen-bond acceptors (Lipinski definition) is 3. The molecular formula is C12H14ClN2O3-. The topological polar surface area (TPSA) is 86.2 Å². The van der Waals surface area contributed by atoms with E-state index in [0.717, 1.165) is 11.3 Å². The fraction of sp³-hybridized carbons (Fsp3) is 0.333. The summed E-state index contributed by atoms with van der Waals surface area (Å²) in [5, 5.41) is 18.0. The van der Waals surface area contributed by atoms with Crippen LogP contribution < -0.4 is 12.4 Å². The van der Waals surface area contributed by atoms with Crippen molar-refractivity contribution in [2.45, 2.75) is 25.9 Å². The van der Waals surface area contributed by atoms with Crippen molar-refractivity contribution in [2.24, 2.45) is 0 Å². The number of hydrogen-bond donors (Lipinski definition) is 3. The third-order valence-electron chi connectivity index (χ3n) is 2.58. The third kappa shape index (κ3) is 3.21. The van der Waals surface area contributed by atoms with Crippen LogP contribution in [-0.2, 0) is 6.42 Å². The van der Waals surface area contributed by atoms with Crippen LogP contribution in [0.4, 0.5) is 0 Å². The van der Waals surface area contributed by atoms with Gasteiger partial charge in [0, 0.05) is 6.42 Å². The molecule has 2 rings (SSSR count). The molecule has 1 heterocycles. The van der Waals surface area contributed by atoms with Crippen LogP contribution >= 0.6 is 0 Å². The molecule has 0 aliphatic carbocycles. The van der Waals surface area contributed by atoms with Gasteiger partial charge in [0.15, 0.2) is 0 Å². The lowest BCUT2D eigenvalue weighted by atomic mass is 10.2. The Hall–Kier alpha value is -1.59. The number of aromatic amines is 1. The number of nitrogens with zero attached hydrogens (tertiary/aromatic N) is 1. The minimum Gasteiger partial charge on any atom is -1.00 e. The summed E-state index contributed by atoms with van der Waals surface area (Å²) in [7, 11) is 0. The first-order chi connectivity index (χ1) is 8.06. The Labute approximate surface area is 110 Å². The van der Waals surface area contributed by atoms with E-state index < -0.39 is 5.97 Å². The average Bonchev–Trinajstić information content (AvgIpc) is 2.67. The number of carboxylic acids is 1. The van der Waals surface area contributed by atoms with E-state index >= 15 is 0 Å². The molecule has 1 aromatic carbocycles. The van der Waals surface area contributed by atoms with Crippen molar-refractivity contribution in [1.82, 2.24) is 9.97 Å². The van der Waals surface area contributed by atoms with Gasteiger partial charge >= 0.3 is 5.97 Å². The highest BCUT2D eigenvalue weighted by molar-refractivity contribution is 5.92. The van der Waals surface area contributed by atoms with E-state index in [2.05, 4.69) is 9.97 Å². The van der Waals surface area contributed by atoms with Gasteiger partial charge < -0.3 is 27.6 Å². The lowest BCUT2D eigenvalue weighted by Crippen LogP contribution is -3.00. The van der Waals surface area contributed by atoms with E-state index in [-0.39, 0.29) is 24.1 Å². The Morgan fingerprint density at radius 2 is 2.22 bits per heavy atom. The van der Waals surface area contributed by atoms with Crippen molar-refractivity contribution in [3.8, 4) is 0 Å². The first-order valence-corrected chi connectivity index (χ1v) is 5.46. The maximum absolute atomic E-state index is 10.8. The molecule has 1 atom stereocenters. The number of aliphatic hydroxyl groups excluding tert-OH is 1. The number of carboxylic acid groups (broad SMARTS) is 1. The van der Waals surface area contributed by atoms with Crippen molar-refractivity contribution in [2.75, 3.05) is 0 Å². The molecule has 0 radical (unpaired) electrons. The molecule has 0 aliphatic rings. The summed E-state index contributed by atoms with van der Waals surface area (Å²) < 4.78 is 0. The number of H-pyrrole nitrogens is 1. The second-order valence-electron chi connectivity index (χ2n) is 4.11. The highest BCUT2D eigenvalue weighted by atomic mass is 35.5. The Morgan fingerprint density at radius 3 is 2.83 bits per heavy atom. The van der Waals surface area contributed by atoms with Crippen LogP contribution in [0.5, 0.6) is 0 Å². The molecule has 18 heavy (non-hydrogen) atoms. The van der Waals surface area contributed by atoms with Crippen molar-refractivity contribution in [3.05, 3.63) is 29.6 Å². The molecule has 0 aliphatic heterocycles. The van der Waals surface area contributed by atoms with Crippen LogP contribution in [0, 0.1) is 0 Å². The quantitative estimate of drug-likeness (QED) is 0.636. The Morgan fingerprint density at radius 1 is 1.50 bits per heavy atom. The second kappa shape index (κ2) is 5.84. The fourth-order valence-corrected chi connectivity index (χ4v) is 1.66. The number of aryl methyl sites for hydroxylation is 1. The van der Waals surface area contributed by atoms with Gasteiger partial charge in [0.2, 0.25) is 0 Å². The standard InChI is InChI=1S/C12H14N2O3.ClH/c1-7(15)2-5-11-13-9-4-3-8(12(16)17)6-10(9)14-11;/h3-4,6-7,15H,2,5H2,1H3,(H,13,14)(H,16,17);1H/p-1. The molecule has 0 fully saturated rings. The summed E-state index contributed by atoms with van der Waals surface area (Å²) in [5.41, 5.74) is 1.70. The van der Waals surface area contributed by atoms with E-state index in [1.165, 1.54) is 6.07 Å². The Kier molecular flexibility index (Phi) is 4.69. The number of imidazole rings is 1. The van der Waals surface area contributed by atoms with Gasteiger partial charge in [-0.1, -0.05) is 0 Å². The normalized spacial score (nSPS) is 12.1. The van der Waals surface area contributed by atoms with Crippen molar-refractivity contribution in [3.63, 3.8) is 0 Å². The number of fused-ring (bicyclic) bond motifs is 1. The highest BCUT2D eigenvalue weighted by Gasteiger charge is 2.08. The minimum atomic E-state index is -0.952. The minimum absolute atomic E-state index is 0. The summed E-state index contributed by atoms with van der Waals surface area (Å²) in [4.78, 5) is 18.2. The number of aromatic nitrogens is 2. The average molecular weight is 270 g/mol. The van der Waals surface area contributed by atoms with Crippen LogP contribution in [0.25, 0.3) is 11.0 Å². The van der Waals surface area contributed by atoms with E-state index in [4.69, 9.17) is 5.11 Å². The van der Waals surface area contributed by atoms with Gasteiger partial charge in [0.05, 0.1) is 22.7 Å². The van der Waals surface area contributed by atoms with Gasteiger partial charge in [0.25, 0.3) is 0 Å². The zero-order chi connectivity index (χ0) is 12.4. The number of nitrogens with one attached hydrogen (secondary N) is 1. The van der Waals surface area contributed by atoms with Crippen molar-refractivity contribution >= 4 is 17.0 Å². The first-order valence-electron chi connectivity index (χ1n) is 5.46. The molecule has 6 heteroatoms. The molecule has 2 aromatic rings. The third-order valence-corrected chi connectivity index (χ3v) is 2.58. The molecule has 98 valence electrons. The SMILES string of the molecule is CC(O)CCc1nc2ccc(C(=O)O)cc2[nH]1.[Cl-]. The van der Waals surface area contributed by atoms with Gasteiger partial charge in [-0.05, 0) is 31.5 Å². The van der Waals surface area contributed by atoms with E-state index in [9.17, 15) is 9.90 Å². The number of benzene rings is 1. The summed E-state index contributed by atoms with van der Waals surface area (Å²) >= 11 is 0. The van der Waals surface area contributed by atoms with Gasteiger partial charge in [-0.2, -0.15) is 0 Å². The highest BCUT2D eigenvalue weighted by Crippen LogP contribution is 2.15. The number of aromatic carboxylic acids is 1. The van der Waals surface area contributed by atoms with Crippen molar-refractivity contribution in [1.29, 1.82) is 0 Å². The smallest absolute Gasteiger partial charge is 0.335 e. The largest absolute Gasteiger partial charge is 1.00 e. The van der Waals surface area contributed by atoms with Crippen LogP contribution in [0.1, 0.15) is 29.5 Å². The molecule has 1 aromatic heterocycles. The second-order valence-corrected chi connectivity index (χ2v) is 4.11. The Balaban J connectivity index is 0.00000162. The lowest BCUT2D eigenvalue weighted by Gasteiger charge is -1.99. The zero-order valence-corrected chi connectivity index (χ0v) is 10.6. The van der Waals surface area contributed by atoms with E-state index in [0.29, 0.717) is 18.4 Å². The zero-order valence-electron chi connectivity index (χ0n) is 9.85. The molecule has 0 saturated heterocycles. The van der Waals surface area contributed by atoms with Crippen LogP contribution in [0.15, 0.2) is 18.2 Å². The van der Waals surface area contributed by atoms with Gasteiger partial charge in [0.1, 0.15) is 5.82 Å².